The van der Waals surface area contributed by atoms with Crippen LogP contribution < -0.4 is 5.32 Å². The van der Waals surface area contributed by atoms with Crippen LogP contribution in [0.25, 0.3) is 0 Å². The van der Waals surface area contributed by atoms with Crippen molar-refractivity contribution in [2.24, 2.45) is 5.18 Å². The predicted molar refractivity (Wildman–Crippen MR) is 40.7 cm³/mol. The van der Waals surface area contributed by atoms with Gasteiger partial charge in [-0.2, -0.15) is 0 Å². The number of carbonyl (C=O) groups excluding carboxylic acids is 1. The first-order chi connectivity index (χ1) is 5.24. The number of amides is 1. The van der Waals surface area contributed by atoms with Crippen molar-refractivity contribution in [3.8, 4) is 0 Å². The van der Waals surface area contributed by atoms with Crippen molar-refractivity contribution in [3.05, 3.63) is 17.2 Å². The zero-order chi connectivity index (χ0) is 8.27. The summed E-state index contributed by atoms with van der Waals surface area (Å²) in [5.74, 6) is -0.0222. The molecule has 0 aromatic rings. The molecule has 0 aromatic heterocycles. The molecule has 1 aliphatic rings. The minimum absolute atomic E-state index is 0.0222. The molecule has 60 valence electrons. The van der Waals surface area contributed by atoms with Gasteiger partial charge in [0.1, 0.15) is 5.70 Å². The molecule has 0 radical (unpaired) electrons. The number of piperidine rings is 1. The molecule has 0 aromatic carbocycles. The molecule has 1 heterocycles. The number of rotatable bonds is 2. The van der Waals surface area contributed by atoms with E-state index in [1.165, 1.54) is 0 Å². The van der Waals surface area contributed by atoms with E-state index in [4.69, 9.17) is 0 Å². The first-order valence-corrected chi connectivity index (χ1v) is 3.55. The average Bonchev–Trinajstić information content (AvgIpc) is 2.03. The maximum Gasteiger partial charge on any atom is 0.220 e. The van der Waals surface area contributed by atoms with Gasteiger partial charge in [-0.25, -0.2) is 0 Å². The predicted octanol–water partition coefficient (Wildman–Crippen LogP) is 0.935. The molecule has 1 saturated heterocycles. The third-order valence-corrected chi connectivity index (χ3v) is 1.75. The lowest BCUT2D eigenvalue weighted by Crippen LogP contribution is -2.39. The second kappa shape index (κ2) is 3.27. The summed E-state index contributed by atoms with van der Waals surface area (Å²) in [5.41, 5.74) is 0.220. The molecule has 0 aliphatic carbocycles. The Balaban J connectivity index is 2.52. The maximum atomic E-state index is 10.8. The highest BCUT2D eigenvalue weighted by Crippen LogP contribution is 2.14. The first-order valence-electron chi connectivity index (χ1n) is 3.55. The van der Waals surface area contributed by atoms with Gasteiger partial charge in [0.25, 0.3) is 0 Å². The quantitative estimate of drug-likeness (QED) is 0.601. The topological polar surface area (TPSA) is 58.5 Å². The molecular weight excluding hydrogens is 144 g/mol. The summed E-state index contributed by atoms with van der Waals surface area (Å²) in [6.07, 6.45) is 2.13. The maximum absolute atomic E-state index is 10.8. The van der Waals surface area contributed by atoms with Crippen LogP contribution in [0.3, 0.4) is 0 Å². The van der Waals surface area contributed by atoms with Crippen LogP contribution in [-0.4, -0.2) is 11.9 Å². The summed E-state index contributed by atoms with van der Waals surface area (Å²) in [7, 11) is 0. The molecule has 11 heavy (non-hydrogen) atoms. The molecule has 4 heteroatoms. The lowest BCUT2D eigenvalue weighted by Gasteiger charge is -2.21. The summed E-state index contributed by atoms with van der Waals surface area (Å²) >= 11 is 0. The highest BCUT2D eigenvalue weighted by atomic mass is 16.3. The average molecular weight is 154 g/mol. The van der Waals surface area contributed by atoms with Gasteiger partial charge >= 0.3 is 0 Å². The van der Waals surface area contributed by atoms with Crippen molar-refractivity contribution < 1.29 is 4.79 Å². The monoisotopic (exact) mass is 154 g/mol. The standard InChI is InChI=1S/C7H10N2O2/c1-5(9-11)6-3-2-4-7(10)8-6/h6H,1-4H2,(H,8,10). The molecule has 1 fully saturated rings. The van der Waals surface area contributed by atoms with Crippen LogP contribution in [0.15, 0.2) is 17.5 Å². The molecule has 0 bridgehead atoms. The van der Waals surface area contributed by atoms with E-state index in [1.807, 2.05) is 0 Å². The number of nitroso groups, excluding NO2 is 1. The molecule has 0 spiro atoms. The van der Waals surface area contributed by atoms with Crippen LogP contribution in [-0.2, 0) is 4.79 Å². The van der Waals surface area contributed by atoms with E-state index in [0.29, 0.717) is 6.42 Å². The van der Waals surface area contributed by atoms with Gasteiger partial charge in [-0.3, -0.25) is 4.79 Å². The van der Waals surface area contributed by atoms with Gasteiger partial charge in [-0.05, 0) is 18.0 Å². The number of nitrogens with one attached hydrogen (secondary N) is 1. The summed E-state index contributed by atoms with van der Waals surface area (Å²) in [4.78, 5) is 20.8. The Bertz CT molecular complexity index is 201. The van der Waals surface area contributed by atoms with Crippen LogP contribution in [0.4, 0.5) is 0 Å². The van der Waals surface area contributed by atoms with Crippen molar-refractivity contribution in [2.75, 3.05) is 0 Å². The highest BCUT2D eigenvalue weighted by Gasteiger charge is 2.20. The highest BCUT2D eigenvalue weighted by molar-refractivity contribution is 5.77. The summed E-state index contributed by atoms with van der Waals surface area (Å²) in [6.45, 7) is 3.44. The molecule has 1 aliphatic heterocycles. The van der Waals surface area contributed by atoms with E-state index in [0.717, 1.165) is 12.8 Å². The largest absolute Gasteiger partial charge is 0.348 e. The van der Waals surface area contributed by atoms with Crippen LogP contribution in [0.1, 0.15) is 19.3 Å². The van der Waals surface area contributed by atoms with E-state index in [9.17, 15) is 9.70 Å². The van der Waals surface area contributed by atoms with Gasteiger partial charge in [0.2, 0.25) is 5.91 Å². The third-order valence-electron chi connectivity index (χ3n) is 1.75. The Morgan fingerprint density at radius 3 is 3.00 bits per heavy atom. The number of carbonyl (C=O) groups is 1. The smallest absolute Gasteiger partial charge is 0.220 e. The molecule has 1 N–H and O–H groups in total. The van der Waals surface area contributed by atoms with Gasteiger partial charge in [0.15, 0.2) is 0 Å². The normalized spacial score (nSPS) is 24.0. The molecule has 1 rings (SSSR count). The summed E-state index contributed by atoms with van der Waals surface area (Å²) < 4.78 is 0. The van der Waals surface area contributed by atoms with Crippen molar-refractivity contribution in [2.45, 2.75) is 25.3 Å². The Kier molecular flexibility index (Phi) is 2.36. The molecule has 0 saturated carbocycles. The van der Waals surface area contributed by atoms with E-state index in [1.54, 1.807) is 0 Å². The molecule has 1 atom stereocenters. The van der Waals surface area contributed by atoms with Crippen LogP contribution in [0.5, 0.6) is 0 Å². The number of nitrogens with zero attached hydrogens (tertiary/aromatic N) is 1. The fourth-order valence-corrected chi connectivity index (χ4v) is 1.12. The van der Waals surface area contributed by atoms with Crippen LogP contribution >= 0.6 is 0 Å². The Morgan fingerprint density at radius 2 is 2.45 bits per heavy atom. The minimum atomic E-state index is -0.228. The molecule has 1 amide bonds. The lowest BCUT2D eigenvalue weighted by molar-refractivity contribution is -0.122. The van der Waals surface area contributed by atoms with Gasteiger partial charge in [0, 0.05) is 6.42 Å². The van der Waals surface area contributed by atoms with Crippen molar-refractivity contribution in [1.82, 2.24) is 5.32 Å². The van der Waals surface area contributed by atoms with E-state index >= 15 is 0 Å². The fraction of sp³-hybridized carbons (Fsp3) is 0.571. The van der Waals surface area contributed by atoms with Crippen molar-refractivity contribution in [1.29, 1.82) is 0 Å². The summed E-state index contributed by atoms with van der Waals surface area (Å²) in [6, 6.07) is -0.228. The SMILES string of the molecule is C=C(N=O)C1CCCC(=O)N1. The molecule has 4 nitrogen and oxygen atoms in total. The fourth-order valence-electron chi connectivity index (χ4n) is 1.12. The van der Waals surface area contributed by atoms with Gasteiger partial charge in [-0.15, -0.1) is 4.91 Å². The Labute approximate surface area is 64.6 Å². The minimum Gasteiger partial charge on any atom is -0.348 e. The van der Waals surface area contributed by atoms with Gasteiger partial charge < -0.3 is 5.32 Å². The number of hydrogen-bond acceptors (Lipinski definition) is 3. The zero-order valence-corrected chi connectivity index (χ0v) is 6.17. The van der Waals surface area contributed by atoms with Crippen LogP contribution in [0.2, 0.25) is 0 Å². The second-order valence-electron chi connectivity index (χ2n) is 2.59. The Hall–Kier alpha value is -1.19. The number of hydrogen-bond donors (Lipinski definition) is 1. The third kappa shape index (κ3) is 1.86. The Morgan fingerprint density at radius 1 is 1.73 bits per heavy atom. The first kappa shape index (κ1) is 7.91. The van der Waals surface area contributed by atoms with Crippen molar-refractivity contribution >= 4 is 5.91 Å². The van der Waals surface area contributed by atoms with E-state index < -0.39 is 0 Å². The van der Waals surface area contributed by atoms with Gasteiger partial charge in [-0.1, -0.05) is 6.58 Å². The van der Waals surface area contributed by atoms with E-state index in [-0.39, 0.29) is 17.6 Å². The van der Waals surface area contributed by atoms with Gasteiger partial charge in [0.05, 0.1) is 6.04 Å². The lowest BCUT2D eigenvalue weighted by atomic mass is 10.0. The van der Waals surface area contributed by atoms with E-state index in [2.05, 4.69) is 17.1 Å². The zero-order valence-electron chi connectivity index (χ0n) is 6.17. The van der Waals surface area contributed by atoms with Crippen molar-refractivity contribution in [3.63, 3.8) is 0 Å². The molecule has 1 unspecified atom stereocenters. The second-order valence-corrected chi connectivity index (χ2v) is 2.59. The summed E-state index contributed by atoms with van der Waals surface area (Å²) in [5, 5.41) is 5.32. The molecular formula is C7H10N2O2. The van der Waals surface area contributed by atoms with Crippen LogP contribution in [0, 0.1) is 4.91 Å².